The predicted octanol–water partition coefficient (Wildman–Crippen LogP) is 2.33. The number of rotatable bonds is 4. The van der Waals surface area contributed by atoms with Gasteiger partial charge in [0, 0.05) is 16.8 Å². The molecule has 0 radical (unpaired) electrons. The third-order valence-corrected chi connectivity index (χ3v) is 5.75. The van der Waals surface area contributed by atoms with Crippen LogP contribution in [0.4, 0.5) is 0 Å². The summed E-state index contributed by atoms with van der Waals surface area (Å²) < 4.78 is 0. The standard InChI is InChI=1S/C13H25N3S/c1-5-12(2)10-17-11(15-12)14-9-13(16(3)4)7-6-8-13/h5-10H2,1-4H3,(H,14,15). The largest absolute Gasteiger partial charge is 0.359 e. The first-order chi connectivity index (χ1) is 8.00. The average molecular weight is 255 g/mol. The Morgan fingerprint density at radius 3 is 2.53 bits per heavy atom. The summed E-state index contributed by atoms with van der Waals surface area (Å²) >= 11 is 1.88. The molecule has 1 unspecified atom stereocenters. The molecule has 2 aliphatic rings. The van der Waals surface area contributed by atoms with Crippen LogP contribution in [-0.4, -0.2) is 47.5 Å². The fourth-order valence-electron chi connectivity index (χ4n) is 2.38. The first-order valence-electron chi connectivity index (χ1n) is 6.63. The molecule has 2 fully saturated rings. The van der Waals surface area contributed by atoms with Gasteiger partial charge in [-0.15, -0.1) is 0 Å². The summed E-state index contributed by atoms with van der Waals surface area (Å²) in [5, 5.41) is 4.73. The van der Waals surface area contributed by atoms with E-state index in [1.807, 2.05) is 11.8 Å². The molecule has 1 aliphatic carbocycles. The van der Waals surface area contributed by atoms with E-state index in [-0.39, 0.29) is 5.54 Å². The van der Waals surface area contributed by atoms with Gasteiger partial charge in [-0.1, -0.05) is 18.7 Å². The zero-order chi connectivity index (χ0) is 12.5. The van der Waals surface area contributed by atoms with Crippen LogP contribution in [0.3, 0.4) is 0 Å². The fourth-order valence-corrected chi connectivity index (χ4v) is 3.59. The molecule has 98 valence electrons. The lowest BCUT2D eigenvalue weighted by Gasteiger charge is -2.46. The van der Waals surface area contributed by atoms with E-state index in [0.29, 0.717) is 5.54 Å². The monoisotopic (exact) mass is 255 g/mol. The Labute approximate surface area is 109 Å². The summed E-state index contributed by atoms with van der Waals surface area (Å²) in [5.41, 5.74) is 0.606. The van der Waals surface area contributed by atoms with Gasteiger partial charge in [0.05, 0.1) is 6.54 Å². The van der Waals surface area contributed by atoms with E-state index < -0.39 is 0 Å². The van der Waals surface area contributed by atoms with Crippen LogP contribution in [0.5, 0.6) is 0 Å². The fraction of sp³-hybridized carbons (Fsp3) is 0.923. The van der Waals surface area contributed by atoms with E-state index in [9.17, 15) is 0 Å². The molecule has 1 atom stereocenters. The van der Waals surface area contributed by atoms with Crippen LogP contribution in [-0.2, 0) is 0 Å². The van der Waals surface area contributed by atoms with Gasteiger partial charge in [-0.25, -0.2) is 0 Å². The number of nitrogens with one attached hydrogen (secondary N) is 1. The number of hydrogen-bond acceptors (Lipinski definition) is 3. The van der Waals surface area contributed by atoms with Crippen molar-refractivity contribution in [1.82, 2.24) is 10.2 Å². The van der Waals surface area contributed by atoms with Crippen molar-refractivity contribution in [2.75, 3.05) is 26.4 Å². The first-order valence-corrected chi connectivity index (χ1v) is 7.61. The molecule has 0 aromatic carbocycles. The Morgan fingerprint density at radius 2 is 2.12 bits per heavy atom. The summed E-state index contributed by atoms with van der Waals surface area (Å²) in [5.74, 6) is 1.15. The third kappa shape index (κ3) is 2.63. The maximum atomic E-state index is 4.81. The zero-order valence-electron chi connectivity index (χ0n) is 11.5. The summed E-state index contributed by atoms with van der Waals surface area (Å²) in [6.45, 7) is 5.48. The minimum absolute atomic E-state index is 0.258. The van der Waals surface area contributed by atoms with Crippen LogP contribution in [0.15, 0.2) is 4.99 Å². The highest BCUT2D eigenvalue weighted by atomic mass is 32.2. The van der Waals surface area contributed by atoms with Crippen molar-refractivity contribution >= 4 is 16.9 Å². The minimum Gasteiger partial charge on any atom is -0.359 e. The van der Waals surface area contributed by atoms with Crippen molar-refractivity contribution < 1.29 is 0 Å². The van der Waals surface area contributed by atoms with E-state index in [1.165, 1.54) is 19.3 Å². The lowest BCUT2D eigenvalue weighted by molar-refractivity contribution is 0.0700. The smallest absolute Gasteiger partial charge is 0.157 e. The van der Waals surface area contributed by atoms with Gasteiger partial charge in [0.1, 0.15) is 0 Å². The van der Waals surface area contributed by atoms with Gasteiger partial charge in [-0.05, 0) is 46.7 Å². The van der Waals surface area contributed by atoms with Gasteiger partial charge in [0.25, 0.3) is 0 Å². The molecule has 1 heterocycles. The minimum atomic E-state index is 0.258. The second-order valence-electron chi connectivity index (χ2n) is 5.92. The van der Waals surface area contributed by atoms with Gasteiger partial charge in [-0.2, -0.15) is 0 Å². The highest BCUT2D eigenvalue weighted by Crippen LogP contribution is 2.37. The van der Waals surface area contributed by atoms with Crippen molar-refractivity contribution in [2.45, 2.75) is 50.6 Å². The van der Waals surface area contributed by atoms with Crippen molar-refractivity contribution in [2.24, 2.45) is 4.99 Å². The quantitative estimate of drug-likeness (QED) is 0.835. The lowest BCUT2D eigenvalue weighted by Crippen LogP contribution is -2.52. The molecule has 0 aromatic rings. The van der Waals surface area contributed by atoms with E-state index >= 15 is 0 Å². The molecule has 17 heavy (non-hydrogen) atoms. The van der Waals surface area contributed by atoms with Gasteiger partial charge >= 0.3 is 0 Å². The molecule has 0 aromatic heterocycles. The van der Waals surface area contributed by atoms with Crippen LogP contribution >= 0.6 is 11.8 Å². The normalized spacial score (nSPS) is 33.8. The molecule has 0 spiro atoms. The molecule has 2 rings (SSSR count). The topological polar surface area (TPSA) is 27.6 Å². The van der Waals surface area contributed by atoms with Crippen molar-refractivity contribution in [3.8, 4) is 0 Å². The summed E-state index contributed by atoms with van der Waals surface area (Å²) in [6, 6.07) is 0. The number of amidine groups is 1. The molecule has 1 N–H and O–H groups in total. The number of likely N-dealkylation sites (N-methyl/N-ethyl adjacent to an activating group) is 1. The number of hydrogen-bond donors (Lipinski definition) is 1. The Balaban J connectivity index is 1.93. The Hall–Kier alpha value is -0.220. The van der Waals surface area contributed by atoms with Crippen molar-refractivity contribution in [3.05, 3.63) is 0 Å². The van der Waals surface area contributed by atoms with Crippen LogP contribution in [0.25, 0.3) is 0 Å². The van der Waals surface area contributed by atoms with Gasteiger partial charge < -0.3 is 10.2 Å². The average Bonchev–Trinajstić information content (AvgIpc) is 2.59. The molecule has 1 aliphatic heterocycles. The molecule has 1 saturated carbocycles. The van der Waals surface area contributed by atoms with E-state index in [1.54, 1.807) is 0 Å². The summed E-state index contributed by atoms with van der Waals surface area (Å²) in [6.07, 6.45) is 5.12. The predicted molar refractivity (Wildman–Crippen MR) is 76.9 cm³/mol. The molecule has 3 nitrogen and oxygen atoms in total. The Kier molecular flexibility index (Phi) is 3.74. The van der Waals surface area contributed by atoms with Crippen molar-refractivity contribution in [1.29, 1.82) is 0 Å². The van der Waals surface area contributed by atoms with Crippen molar-refractivity contribution in [3.63, 3.8) is 0 Å². The van der Waals surface area contributed by atoms with Crippen LogP contribution in [0.2, 0.25) is 0 Å². The summed E-state index contributed by atoms with van der Waals surface area (Å²) in [4.78, 5) is 7.17. The van der Waals surface area contributed by atoms with E-state index in [2.05, 4.69) is 38.2 Å². The molecule has 4 heteroatoms. The second kappa shape index (κ2) is 4.81. The number of thioether (sulfide) groups is 1. The third-order valence-electron chi connectivity index (χ3n) is 4.47. The summed E-state index contributed by atoms with van der Waals surface area (Å²) in [7, 11) is 4.37. The Bertz CT molecular complexity index is 310. The second-order valence-corrected chi connectivity index (χ2v) is 6.89. The van der Waals surface area contributed by atoms with E-state index in [4.69, 9.17) is 4.99 Å². The van der Waals surface area contributed by atoms with Gasteiger partial charge in [-0.3, -0.25) is 4.99 Å². The van der Waals surface area contributed by atoms with Gasteiger partial charge in [0.2, 0.25) is 0 Å². The van der Waals surface area contributed by atoms with Crippen LogP contribution in [0.1, 0.15) is 39.5 Å². The molecule has 0 amide bonds. The number of nitrogens with zero attached hydrogens (tertiary/aromatic N) is 2. The van der Waals surface area contributed by atoms with E-state index in [0.717, 1.165) is 23.9 Å². The van der Waals surface area contributed by atoms with Crippen LogP contribution in [0, 0.1) is 0 Å². The Morgan fingerprint density at radius 1 is 1.41 bits per heavy atom. The maximum Gasteiger partial charge on any atom is 0.157 e. The highest BCUT2D eigenvalue weighted by Gasteiger charge is 2.39. The lowest BCUT2D eigenvalue weighted by atomic mass is 9.76. The highest BCUT2D eigenvalue weighted by molar-refractivity contribution is 8.14. The zero-order valence-corrected chi connectivity index (χ0v) is 12.4. The van der Waals surface area contributed by atoms with Gasteiger partial charge in [0.15, 0.2) is 5.17 Å². The molecular formula is C13H25N3S. The molecular weight excluding hydrogens is 230 g/mol. The maximum absolute atomic E-state index is 4.81. The van der Waals surface area contributed by atoms with Crippen LogP contribution < -0.4 is 5.32 Å². The first kappa shape index (κ1) is 13.2. The SMILES string of the molecule is CCC1(C)CSC(=NCC2(N(C)C)CCC2)N1. The molecule has 1 saturated heterocycles. The number of aliphatic imine (C=N–C) groups is 1. The molecule has 0 bridgehead atoms.